The summed E-state index contributed by atoms with van der Waals surface area (Å²) in [6.07, 6.45) is 4.33. The first-order valence-electron chi connectivity index (χ1n) is 14.4. The summed E-state index contributed by atoms with van der Waals surface area (Å²) >= 11 is 0. The molecule has 0 N–H and O–H groups in total. The van der Waals surface area contributed by atoms with Gasteiger partial charge in [-0.15, -0.1) is 0 Å². The molecule has 0 bridgehead atoms. The molecule has 43 heavy (non-hydrogen) atoms. The average Bonchev–Trinajstić information content (AvgIpc) is 2.97. The molecule has 0 saturated carbocycles. The van der Waals surface area contributed by atoms with Crippen molar-refractivity contribution in [2.24, 2.45) is 0 Å². The zero-order valence-electron chi connectivity index (χ0n) is 25.1. The van der Waals surface area contributed by atoms with E-state index in [1.807, 2.05) is 32.0 Å². The SMILES string of the molecule is CCCCCCOc1cc(COCCOS(=O)(=O)c2ccc(C)cc2)cc(COCCOS(=O)(=O)c2ccc(C)cc2)c1. The molecule has 0 aliphatic carbocycles. The lowest BCUT2D eigenvalue weighted by molar-refractivity contribution is 0.0874. The number of aryl methyl sites for hydroxylation is 2. The molecule has 0 amide bonds. The standard InChI is InChI=1S/C32H42O9S2/c1-4-5-6-7-16-39-30-22-28(24-37-17-19-40-42(33,34)31-12-8-26(2)9-13-31)21-29(23-30)25-38-18-20-41-43(35,36)32-14-10-27(3)11-15-32/h8-15,21-23H,4-7,16-20,24-25H2,1-3H3. The van der Waals surface area contributed by atoms with Crippen LogP contribution in [0.2, 0.25) is 0 Å². The van der Waals surface area contributed by atoms with E-state index in [1.54, 1.807) is 24.3 Å². The third-order valence-corrected chi connectivity index (χ3v) is 9.03. The largest absolute Gasteiger partial charge is 0.494 e. The average molecular weight is 635 g/mol. The van der Waals surface area contributed by atoms with Gasteiger partial charge in [0.25, 0.3) is 20.2 Å². The van der Waals surface area contributed by atoms with Gasteiger partial charge in [-0.3, -0.25) is 8.37 Å². The van der Waals surface area contributed by atoms with Crippen molar-refractivity contribution in [2.75, 3.05) is 33.0 Å². The van der Waals surface area contributed by atoms with Crippen LogP contribution < -0.4 is 4.74 Å². The van der Waals surface area contributed by atoms with Crippen LogP contribution in [-0.2, 0) is 51.3 Å². The van der Waals surface area contributed by atoms with E-state index >= 15 is 0 Å². The van der Waals surface area contributed by atoms with Crippen molar-refractivity contribution in [3.05, 3.63) is 89.0 Å². The molecular formula is C32H42O9S2. The Labute approximate surface area is 256 Å². The van der Waals surface area contributed by atoms with Crippen molar-refractivity contribution in [3.8, 4) is 5.75 Å². The van der Waals surface area contributed by atoms with Gasteiger partial charge in [0.2, 0.25) is 0 Å². The van der Waals surface area contributed by atoms with Crippen LogP contribution in [0.1, 0.15) is 54.9 Å². The molecule has 0 saturated heterocycles. The van der Waals surface area contributed by atoms with Gasteiger partial charge in [-0.25, -0.2) is 0 Å². The summed E-state index contributed by atoms with van der Waals surface area (Å²) < 4.78 is 77.0. The molecule has 11 heteroatoms. The molecule has 0 atom stereocenters. The Balaban J connectivity index is 1.50. The van der Waals surface area contributed by atoms with Gasteiger partial charge in [0.1, 0.15) is 5.75 Å². The highest BCUT2D eigenvalue weighted by Gasteiger charge is 2.16. The quantitative estimate of drug-likeness (QED) is 0.107. The second kappa shape index (κ2) is 17.5. The monoisotopic (exact) mass is 634 g/mol. The molecule has 0 aliphatic heterocycles. The lowest BCUT2D eigenvalue weighted by Crippen LogP contribution is -2.12. The molecule has 0 unspecified atom stereocenters. The van der Waals surface area contributed by atoms with Gasteiger partial charge in [0.05, 0.1) is 56.0 Å². The molecule has 0 radical (unpaired) electrons. The fourth-order valence-electron chi connectivity index (χ4n) is 4.03. The molecule has 0 heterocycles. The highest BCUT2D eigenvalue weighted by Crippen LogP contribution is 2.20. The van der Waals surface area contributed by atoms with Gasteiger partial charge >= 0.3 is 0 Å². The molecule has 0 aromatic heterocycles. The minimum absolute atomic E-state index is 0.0752. The molecule has 0 aliphatic rings. The first-order valence-corrected chi connectivity index (χ1v) is 17.2. The van der Waals surface area contributed by atoms with E-state index in [9.17, 15) is 16.8 Å². The summed E-state index contributed by atoms with van der Waals surface area (Å²) in [6.45, 7) is 6.84. The van der Waals surface area contributed by atoms with E-state index in [4.69, 9.17) is 22.6 Å². The first-order chi connectivity index (χ1) is 20.6. The number of hydrogen-bond donors (Lipinski definition) is 0. The van der Waals surface area contributed by atoms with E-state index < -0.39 is 20.2 Å². The second-order valence-electron chi connectivity index (χ2n) is 10.2. The Bertz CT molecular complexity index is 1360. The molecule has 9 nitrogen and oxygen atoms in total. The Morgan fingerprint density at radius 3 is 1.47 bits per heavy atom. The van der Waals surface area contributed by atoms with Gasteiger partial charge in [0.15, 0.2) is 0 Å². The van der Waals surface area contributed by atoms with Crippen LogP contribution in [0, 0.1) is 13.8 Å². The van der Waals surface area contributed by atoms with E-state index in [1.165, 1.54) is 24.3 Å². The summed E-state index contributed by atoms with van der Waals surface area (Å²) in [6, 6.07) is 18.6. The first kappa shape index (κ1) is 34.7. The third kappa shape index (κ3) is 12.4. The molecule has 3 aromatic rings. The van der Waals surface area contributed by atoms with Crippen molar-refractivity contribution < 1.29 is 39.4 Å². The van der Waals surface area contributed by atoms with Gasteiger partial charge in [-0.1, -0.05) is 67.6 Å². The zero-order valence-corrected chi connectivity index (χ0v) is 26.8. The molecule has 0 fully saturated rings. The zero-order chi connectivity index (χ0) is 31.1. The summed E-state index contributed by atoms with van der Waals surface area (Å²) in [5, 5.41) is 0. The Morgan fingerprint density at radius 1 is 0.558 bits per heavy atom. The molecule has 0 spiro atoms. The van der Waals surface area contributed by atoms with Crippen LogP contribution in [0.15, 0.2) is 76.5 Å². The summed E-state index contributed by atoms with van der Waals surface area (Å²) in [7, 11) is -7.72. The van der Waals surface area contributed by atoms with Crippen LogP contribution >= 0.6 is 0 Å². The van der Waals surface area contributed by atoms with Crippen LogP contribution in [0.5, 0.6) is 5.75 Å². The Hall–Kier alpha value is -2.80. The van der Waals surface area contributed by atoms with Crippen LogP contribution in [-0.4, -0.2) is 49.9 Å². The van der Waals surface area contributed by atoms with E-state index in [0.29, 0.717) is 12.4 Å². The van der Waals surface area contributed by atoms with E-state index in [0.717, 1.165) is 47.9 Å². The predicted octanol–water partition coefficient (Wildman–Crippen LogP) is 6.11. The van der Waals surface area contributed by atoms with Crippen molar-refractivity contribution in [1.82, 2.24) is 0 Å². The number of ether oxygens (including phenoxy) is 3. The minimum Gasteiger partial charge on any atom is -0.494 e. The second-order valence-corrected chi connectivity index (χ2v) is 13.4. The number of hydrogen-bond acceptors (Lipinski definition) is 9. The minimum atomic E-state index is -3.86. The van der Waals surface area contributed by atoms with Gasteiger partial charge in [-0.2, -0.15) is 16.8 Å². The highest BCUT2D eigenvalue weighted by atomic mass is 32.2. The van der Waals surface area contributed by atoms with Gasteiger partial charge < -0.3 is 14.2 Å². The summed E-state index contributed by atoms with van der Waals surface area (Å²) in [5.74, 6) is 0.674. The van der Waals surface area contributed by atoms with Crippen molar-refractivity contribution in [1.29, 1.82) is 0 Å². The van der Waals surface area contributed by atoms with Gasteiger partial charge in [-0.05, 0) is 67.8 Å². The number of rotatable bonds is 20. The van der Waals surface area contributed by atoms with Crippen LogP contribution in [0.3, 0.4) is 0 Å². The highest BCUT2D eigenvalue weighted by molar-refractivity contribution is 7.87. The van der Waals surface area contributed by atoms with E-state index in [2.05, 4.69) is 6.92 Å². The van der Waals surface area contributed by atoms with Crippen LogP contribution in [0.25, 0.3) is 0 Å². The Morgan fingerprint density at radius 2 is 1.02 bits per heavy atom. The Kier molecular flexibility index (Phi) is 14.1. The smallest absolute Gasteiger partial charge is 0.297 e. The summed E-state index contributed by atoms with van der Waals surface area (Å²) in [4.78, 5) is 0.203. The molecule has 3 aromatic carbocycles. The molecule has 3 rings (SSSR count). The third-order valence-electron chi connectivity index (χ3n) is 6.38. The maximum atomic E-state index is 12.4. The van der Waals surface area contributed by atoms with Crippen molar-refractivity contribution in [3.63, 3.8) is 0 Å². The molecular weight excluding hydrogens is 592 g/mol. The number of unbranched alkanes of at least 4 members (excludes halogenated alkanes) is 3. The van der Waals surface area contributed by atoms with Crippen LogP contribution in [0.4, 0.5) is 0 Å². The van der Waals surface area contributed by atoms with Crippen molar-refractivity contribution in [2.45, 2.75) is 69.5 Å². The van der Waals surface area contributed by atoms with E-state index in [-0.39, 0.29) is 49.4 Å². The lowest BCUT2D eigenvalue weighted by Gasteiger charge is -2.13. The summed E-state index contributed by atoms with van der Waals surface area (Å²) in [5.41, 5.74) is 3.56. The van der Waals surface area contributed by atoms with Crippen molar-refractivity contribution >= 4 is 20.2 Å². The topological polar surface area (TPSA) is 114 Å². The maximum absolute atomic E-state index is 12.4. The lowest BCUT2D eigenvalue weighted by atomic mass is 10.1. The normalized spacial score (nSPS) is 12.0. The predicted molar refractivity (Wildman–Crippen MR) is 164 cm³/mol. The maximum Gasteiger partial charge on any atom is 0.297 e. The fourth-order valence-corrected chi connectivity index (χ4v) is 5.81. The number of benzene rings is 3. The fraction of sp³-hybridized carbons (Fsp3) is 0.438. The molecule has 236 valence electrons. The van der Waals surface area contributed by atoms with Gasteiger partial charge in [0, 0.05) is 0 Å².